The molecule has 0 aliphatic heterocycles. The summed E-state index contributed by atoms with van der Waals surface area (Å²) >= 11 is 0. The van der Waals surface area contributed by atoms with Gasteiger partial charge in [-0.1, -0.05) is 28.7 Å². The van der Waals surface area contributed by atoms with E-state index in [1.807, 2.05) is 6.07 Å². The second kappa shape index (κ2) is 7.93. The molecule has 0 saturated carbocycles. The van der Waals surface area contributed by atoms with Crippen LogP contribution >= 0.6 is 0 Å². The van der Waals surface area contributed by atoms with Gasteiger partial charge in [-0.15, -0.1) is 0 Å². The Hall–Kier alpha value is -3.01. The molecule has 1 aromatic heterocycles. The highest BCUT2D eigenvalue weighted by molar-refractivity contribution is 7.89. The Morgan fingerprint density at radius 1 is 1.07 bits per heavy atom. The highest BCUT2D eigenvalue weighted by atomic mass is 32.2. The molecule has 0 atom stereocenters. The van der Waals surface area contributed by atoms with Crippen LogP contribution < -0.4 is 0 Å². The van der Waals surface area contributed by atoms with Crippen LogP contribution in [0.1, 0.15) is 20.9 Å². The fourth-order valence-corrected chi connectivity index (χ4v) is 3.45. The van der Waals surface area contributed by atoms with Gasteiger partial charge >= 0.3 is 5.97 Å². The number of rotatable bonds is 7. The largest absolute Gasteiger partial charge is 0.454 e. The molecular weight excluding hydrogens is 386 g/mol. The minimum Gasteiger partial charge on any atom is -0.454 e. The zero-order chi connectivity index (χ0) is 20.3. The van der Waals surface area contributed by atoms with Crippen molar-refractivity contribution in [3.8, 4) is 0 Å². The van der Waals surface area contributed by atoms with Gasteiger partial charge in [0.15, 0.2) is 12.4 Å². The minimum absolute atomic E-state index is 0.0111. The van der Waals surface area contributed by atoms with Crippen LogP contribution in [0.15, 0.2) is 63.9 Å². The number of nitrogens with zero attached hydrogens (tertiary/aromatic N) is 1. The summed E-state index contributed by atoms with van der Waals surface area (Å²) in [6, 6.07) is 13.9. The molecule has 146 valence electrons. The van der Waals surface area contributed by atoms with E-state index in [-0.39, 0.29) is 16.2 Å². The lowest BCUT2D eigenvalue weighted by Crippen LogP contribution is -2.26. The Morgan fingerprint density at radius 3 is 2.54 bits per heavy atom. The van der Waals surface area contributed by atoms with Crippen molar-refractivity contribution >= 4 is 32.7 Å². The maximum Gasteiger partial charge on any atom is 0.338 e. The molecular formula is C19H17NO7S. The first-order chi connectivity index (χ1) is 13.3. The van der Waals surface area contributed by atoms with Gasteiger partial charge in [0.05, 0.1) is 17.6 Å². The Morgan fingerprint density at radius 2 is 1.82 bits per heavy atom. The SMILES string of the molecule is CON(C)S(=O)(=O)c1cccc(C(=O)OCC(=O)c2cc3ccccc3o2)c1. The van der Waals surface area contributed by atoms with Crippen molar-refractivity contribution in [3.63, 3.8) is 0 Å². The van der Waals surface area contributed by atoms with Crippen LogP contribution in [0.2, 0.25) is 0 Å². The van der Waals surface area contributed by atoms with E-state index < -0.39 is 28.4 Å². The van der Waals surface area contributed by atoms with Crippen molar-refractivity contribution in [2.24, 2.45) is 0 Å². The van der Waals surface area contributed by atoms with Crippen LogP contribution in [0, 0.1) is 0 Å². The molecule has 0 unspecified atom stereocenters. The first-order valence-corrected chi connectivity index (χ1v) is 9.59. The van der Waals surface area contributed by atoms with E-state index in [4.69, 9.17) is 14.0 Å². The number of sulfonamides is 1. The van der Waals surface area contributed by atoms with E-state index in [1.54, 1.807) is 24.3 Å². The Balaban J connectivity index is 1.71. The lowest BCUT2D eigenvalue weighted by atomic mass is 10.2. The Kier molecular flexibility index (Phi) is 5.59. The van der Waals surface area contributed by atoms with Crippen molar-refractivity contribution in [2.75, 3.05) is 20.8 Å². The maximum atomic E-state index is 12.3. The highest BCUT2D eigenvalue weighted by Crippen LogP contribution is 2.20. The van der Waals surface area contributed by atoms with Crippen LogP contribution in [0.3, 0.4) is 0 Å². The quantitative estimate of drug-likeness (QED) is 0.339. The molecule has 0 fully saturated rings. The van der Waals surface area contributed by atoms with Gasteiger partial charge < -0.3 is 9.15 Å². The summed E-state index contributed by atoms with van der Waals surface area (Å²) in [5.74, 6) is -1.26. The number of ketones is 1. The average molecular weight is 403 g/mol. The van der Waals surface area contributed by atoms with Crippen LogP contribution in [-0.2, 0) is 19.6 Å². The van der Waals surface area contributed by atoms with E-state index in [9.17, 15) is 18.0 Å². The normalized spacial score (nSPS) is 11.7. The molecule has 0 aliphatic rings. The summed E-state index contributed by atoms with van der Waals surface area (Å²) in [5.41, 5.74) is 0.542. The summed E-state index contributed by atoms with van der Waals surface area (Å²) in [5, 5.41) is 0.761. The van der Waals surface area contributed by atoms with Gasteiger partial charge in [0.2, 0.25) is 5.78 Å². The molecule has 9 heteroatoms. The molecule has 0 amide bonds. The third kappa shape index (κ3) is 3.96. The Labute approximate surface area is 161 Å². The Bertz CT molecular complexity index is 1100. The van der Waals surface area contributed by atoms with E-state index in [1.165, 1.54) is 32.4 Å². The number of Topliss-reactive ketones (excluding diaryl/α,β-unsaturated/α-hetero) is 1. The summed E-state index contributed by atoms with van der Waals surface area (Å²) in [6.45, 7) is -0.534. The van der Waals surface area contributed by atoms with Crippen LogP contribution in [-0.4, -0.2) is 45.4 Å². The lowest BCUT2D eigenvalue weighted by molar-refractivity contribution is -0.0258. The lowest BCUT2D eigenvalue weighted by Gasteiger charge is -2.14. The highest BCUT2D eigenvalue weighted by Gasteiger charge is 2.22. The summed E-state index contributed by atoms with van der Waals surface area (Å²) in [4.78, 5) is 29.0. The number of esters is 1. The smallest absolute Gasteiger partial charge is 0.338 e. The molecule has 0 aliphatic carbocycles. The van der Waals surface area contributed by atoms with Crippen LogP contribution in [0.4, 0.5) is 0 Å². The predicted octanol–water partition coefficient (Wildman–Crippen LogP) is 2.65. The number of carbonyl (C=O) groups excluding carboxylic acids is 2. The fourth-order valence-electron chi connectivity index (χ4n) is 2.43. The molecule has 2 aromatic carbocycles. The van der Waals surface area contributed by atoms with E-state index in [2.05, 4.69) is 0 Å². The van der Waals surface area contributed by atoms with E-state index in [0.717, 1.165) is 11.5 Å². The van der Waals surface area contributed by atoms with Crippen molar-refractivity contribution in [3.05, 3.63) is 65.9 Å². The second-order valence-corrected chi connectivity index (χ2v) is 7.71. The second-order valence-electron chi connectivity index (χ2n) is 5.77. The number of carbonyl (C=O) groups is 2. The number of para-hydroxylation sites is 1. The fraction of sp³-hybridized carbons (Fsp3) is 0.158. The topological polar surface area (TPSA) is 103 Å². The van der Waals surface area contributed by atoms with Gasteiger partial charge in [-0.05, 0) is 30.3 Å². The number of benzene rings is 2. The number of fused-ring (bicyclic) bond motifs is 1. The standard InChI is InChI=1S/C19H17NO7S/c1-20(25-2)28(23,24)15-8-5-7-14(10-15)19(22)26-12-16(21)18-11-13-6-3-4-9-17(13)27-18/h3-11H,12H2,1-2H3. The van der Waals surface area contributed by atoms with E-state index >= 15 is 0 Å². The molecule has 0 radical (unpaired) electrons. The molecule has 0 spiro atoms. The average Bonchev–Trinajstić information content (AvgIpc) is 3.15. The number of ether oxygens (including phenoxy) is 1. The van der Waals surface area contributed by atoms with Gasteiger partial charge in [0.25, 0.3) is 10.0 Å². The number of hydrogen-bond acceptors (Lipinski definition) is 7. The third-order valence-corrected chi connectivity index (χ3v) is 5.67. The van der Waals surface area contributed by atoms with Gasteiger partial charge in [-0.2, -0.15) is 0 Å². The predicted molar refractivity (Wildman–Crippen MR) is 99.2 cm³/mol. The van der Waals surface area contributed by atoms with Crippen LogP contribution in [0.25, 0.3) is 11.0 Å². The third-order valence-electron chi connectivity index (χ3n) is 4.00. The molecule has 8 nitrogen and oxygen atoms in total. The first kappa shape index (κ1) is 19.7. The van der Waals surface area contributed by atoms with Gasteiger partial charge in [-0.25, -0.2) is 13.2 Å². The molecule has 0 N–H and O–H groups in total. The monoisotopic (exact) mass is 403 g/mol. The molecule has 1 heterocycles. The summed E-state index contributed by atoms with van der Waals surface area (Å²) < 4.78 is 35.6. The van der Waals surface area contributed by atoms with Crippen molar-refractivity contribution in [1.82, 2.24) is 4.47 Å². The molecule has 0 saturated heterocycles. The van der Waals surface area contributed by atoms with Crippen molar-refractivity contribution in [1.29, 1.82) is 0 Å². The zero-order valence-electron chi connectivity index (χ0n) is 15.1. The molecule has 0 bridgehead atoms. The summed E-state index contributed by atoms with van der Waals surface area (Å²) in [7, 11) is -1.48. The maximum absolute atomic E-state index is 12.3. The first-order valence-electron chi connectivity index (χ1n) is 8.15. The molecule has 28 heavy (non-hydrogen) atoms. The van der Waals surface area contributed by atoms with Crippen molar-refractivity contribution in [2.45, 2.75) is 4.90 Å². The van der Waals surface area contributed by atoms with Gasteiger partial charge in [0.1, 0.15) is 5.58 Å². The van der Waals surface area contributed by atoms with Gasteiger partial charge in [-0.3, -0.25) is 9.63 Å². The van der Waals surface area contributed by atoms with Crippen molar-refractivity contribution < 1.29 is 32.0 Å². The number of hydroxylamine groups is 1. The summed E-state index contributed by atoms with van der Waals surface area (Å²) in [6.07, 6.45) is 0. The molecule has 3 aromatic rings. The minimum atomic E-state index is -3.91. The number of hydrogen-bond donors (Lipinski definition) is 0. The zero-order valence-corrected chi connectivity index (χ0v) is 15.9. The van der Waals surface area contributed by atoms with Crippen LogP contribution in [0.5, 0.6) is 0 Å². The van der Waals surface area contributed by atoms with Gasteiger partial charge in [0, 0.05) is 12.4 Å². The van der Waals surface area contributed by atoms with E-state index in [0.29, 0.717) is 10.1 Å². The molecule has 3 rings (SSSR count). The number of furan rings is 1.